The van der Waals surface area contributed by atoms with Gasteiger partial charge in [0.2, 0.25) is 5.91 Å². The number of morpholine rings is 2. The molecule has 1 amide bonds. The maximum absolute atomic E-state index is 13.3. The molecule has 2 atom stereocenters. The number of ether oxygens (including phenoxy) is 2. The van der Waals surface area contributed by atoms with E-state index in [0.717, 1.165) is 45.0 Å². The summed E-state index contributed by atoms with van der Waals surface area (Å²) in [6, 6.07) is 6.42. The summed E-state index contributed by atoms with van der Waals surface area (Å²) in [4.78, 5) is 22.8. The fraction of sp³-hybridized carbons (Fsp3) is 0.636. The average Bonchev–Trinajstić information content (AvgIpc) is 2.76. The van der Waals surface area contributed by atoms with Crippen LogP contribution >= 0.6 is 0 Å². The molecule has 8 nitrogen and oxygen atoms in total. The standard InChI is InChI=1S/C22H34FN5O3/c1-17-15-28(16-20(31-17)18-4-6-19(23)7-5-18)22(25-14-21(29)26(2)3)24-8-9-27-10-12-30-13-11-27/h4-7,17,20H,8-16H2,1-3H3,(H,24,25). The fourth-order valence-electron chi connectivity index (χ4n) is 3.69. The van der Waals surface area contributed by atoms with E-state index in [1.54, 1.807) is 26.2 Å². The van der Waals surface area contributed by atoms with Crippen molar-refractivity contribution in [2.24, 2.45) is 4.99 Å². The van der Waals surface area contributed by atoms with Crippen LogP contribution in [0, 0.1) is 5.82 Å². The van der Waals surface area contributed by atoms with Crippen LogP contribution in [0.4, 0.5) is 4.39 Å². The number of amides is 1. The molecule has 1 aromatic rings. The molecule has 2 aliphatic rings. The first-order valence-electron chi connectivity index (χ1n) is 10.9. The number of nitrogens with one attached hydrogen (secondary N) is 1. The Hall–Kier alpha value is -2.23. The van der Waals surface area contributed by atoms with Crippen molar-refractivity contribution in [2.45, 2.75) is 19.1 Å². The van der Waals surface area contributed by atoms with E-state index in [-0.39, 0.29) is 30.5 Å². The zero-order chi connectivity index (χ0) is 22.2. The van der Waals surface area contributed by atoms with Gasteiger partial charge >= 0.3 is 0 Å². The molecule has 2 heterocycles. The van der Waals surface area contributed by atoms with Gasteiger partial charge < -0.3 is 24.6 Å². The van der Waals surface area contributed by atoms with E-state index >= 15 is 0 Å². The lowest BCUT2D eigenvalue weighted by Crippen LogP contribution is -2.52. The Morgan fingerprint density at radius 1 is 1.23 bits per heavy atom. The minimum Gasteiger partial charge on any atom is -0.379 e. The lowest BCUT2D eigenvalue weighted by Gasteiger charge is -2.39. The second-order valence-corrected chi connectivity index (χ2v) is 8.20. The van der Waals surface area contributed by atoms with E-state index in [4.69, 9.17) is 9.47 Å². The zero-order valence-electron chi connectivity index (χ0n) is 18.7. The topological polar surface area (TPSA) is 69.6 Å². The predicted molar refractivity (Wildman–Crippen MR) is 118 cm³/mol. The van der Waals surface area contributed by atoms with E-state index in [1.165, 1.54) is 17.0 Å². The fourth-order valence-corrected chi connectivity index (χ4v) is 3.69. The first kappa shape index (κ1) is 23.4. The van der Waals surface area contributed by atoms with Crippen LogP contribution in [0.25, 0.3) is 0 Å². The Bertz CT molecular complexity index is 737. The summed E-state index contributed by atoms with van der Waals surface area (Å²) < 4.78 is 24.9. The summed E-state index contributed by atoms with van der Waals surface area (Å²) in [6.07, 6.45) is -0.222. The van der Waals surface area contributed by atoms with Crippen molar-refractivity contribution in [3.8, 4) is 0 Å². The van der Waals surface area contributed by atoms with Crippen molar-refractivity contribution in [1.29, 1.82) is 0 Å². The predicted octanol–water partition coefficient (Wildman–Crippen LogP) is 0.954. The molecule has 0 radical (unpaired) electrons. The van der Waals surface area contributed by atoms with E-state index in [9.17, 15) is 9.18 Å². The molecule has 0 aromatic heterocycles. The molecule has 1 aromatic carbocycles. The van der Waals surface area contributed by atoms with Gasteiger partial charge in [-0.15, -0.1) is 0 Å². The molecule has 2 fully saturated rings. The Morgan fingerprint density at radius 3 is 2.61 bits per heavy atom. The Morgan fingerprint density at radius 2 is 1.94 bits per heavy atom. The van der Waals surface area contributed by atoms with E-state index in [2.05, 4.69) is 20.1 Å². The van der Waals surface area contributed by atoms with Crippen LogP contribution < -0.4 is 5.32 Å². The maximum Gasteiger partial charge on any atom is 0.243 e. The molecule has 0 spiro atoms. The van der Waals surface area contributed by atoms with Gasteiger partial charge in [-0.25, -0.2) is 9.38 Å². The highest BCUT2D eigenvalue weighted by Crippen LogP contribution is 2.25. The normalized spacial score (nSPS) is 23.0. The van der Waals surface area contributed by atoms with E-state index in [0.29, 0.717) is 19.0 Å². The number of nitrogens with zero attached hydrogens (tertiary/aromatic N) is 4. The summed E-state index contributed by atoms with van der Waals surface area (Å²) in [5.41, 5.74) is 0.926. The quantitative estimate of drug-likeness (QED) is 0.530. The van der Waals surface area contributed by atoms with E-state index in [1.807, 2.05) is 6.92 Å². The third-order valence-corrected chi connectivity index (χ3v) is 5.48. The van der Waals surface area contributed by atoms with Crippen LogP contribution in [0.15, 0.2) is 29.3 Å². The minimum atomic E-state index is -0.265. The number of guanidine groups is 1. The van der Waals surface area contributed by atoms with Crippen molar-refractivity contribution in [3.63, 3.8) is 0 Å². The van der Waals surface area contributed by atoms with Gasteiger partial charge in [0.05, 0.1) is 25.9 Å². The summed E-state index contributed by atoms with van der Waals surface area (Å²) in [6.45, 7) is 8.32. The second-order valence-electron chi connectivity index (χ2n) is 8.20. The number of benzene rings is 1. The van der Waals surface area contributed by atoms with Crippen molar-refractivity contribution in [3.05, 3.63) is 35.6 Å². The molecule has 0 bridgehead atoms. The number of carbonyl (C=O) groups is 1. The summed E-state index contributed by atoms with van der Waals surface area (Å²) in [7, 11) is 3.45. The van der Waals surface area contributed by atoms with E-state index < -0.39 is 0 Å². The number of aliphatic imine (C=N–C) groups is 1. The summed E-state index contributed by atoms with van der Waals surface area (Å²) >= 11 is 0. The monoisotopic (exact) mass is 435 g/mol. The van der Waals surface area contributed by atoms with Crippen molar-refractivity contribution >= 4 is 11.9 Å². The van der Waals surface area contributed by atoms with Crippen molar-refractivity contribution in [2.75, 3.05) is 73.1 Å². The second kappa shape index (κ2) is 11.4. The maximum atomic E-state index is 13.3. The zero-order valence-corrected chi connectivity index (χ0v) is 18.7. The molecule has 3 rings (SSSR count). The van der Waals surface area contributed by atoms with Crippen LogP contribution in [0.1, 0.15) is 18.6 Å². The summed E-state index contributed by atoms with van der Waals surface area (Å²) in [5, 5.41) is 3.44. The lowest BCUT2D eigenvalue weighted by atomic mass is 10.1. The number of rotatable bonds is 6. The van der Waals surface area contributed by atoms with Gasteiger partial charge in [0.15, 0.2) is 5.96 Å². The molecule has 0 aliphatic carbocycles. The third kappa shape index (κ3) is 7.15. The molecular formula is C22H34FN5O3. The third-order valence-electron chi connectivity index (χ3n) is 5.48. The van der Waals surface area contributed by atoms with Crippen LogP contribution in [0.2, 0.25) is 0 Å². The molecule has 31 heavy (non-hydrogen) atoms. The molecule has 2 aliphatic heterocycles. The molecule has 2 unspecified atom stereocenters. The molecule has 2 saturated heterocycles. The van der Waals surface area contributed by atoms with Crippen molar-refractivity contribution in [1.82, 2.24) is 20.0 Å². The molecular weight excluding hydrogens is 401 g/mol. The van der Waals surface area contributed by atoms with Crippen LogP contribution in [0.3, 0.4) is 0 Å². The highest BCUT2D eigenvalue weighted by atomic mass is 19.1. The average molecular weight is 436 g/mol. The van der Waals surface area contributed by atoms with Gasteiger partial charge in [-0.1, -0.05) is 12.1 Å². The van der Waals surface area contributed by atoms with Gasteiger partial charge in [0, 0.05) is 46.8 Å². The summed E-state index contributed by atoms with van der Waals surface area (Å²) in [5.74, 6) is 0.383. The number of carbonyl (C=O) groups excluding carboxylic acids is 1. The van der Waals surface area contributed by atoms with Crippen LogP contribution in [-0.4, -0.2) is 106 Å². The van der Waals surface area contributed by atoms with Gasteiger partial charge in [-0.2, -0.15) is 0 Å². The van der Waals surface area contributed by atoms with Gasteiger partial charge in [0.25, 0.3) is 0 Å². The largest absolute Gasteiger partial charge is 0.379 e. The smallest absolute Gasteiger partial charge is 0.243 e. The number of hydrogen-bond acceptors (Lipinski definition) is 5. The number of halogens is 1. The highest BCUT2D eigenvalue weighted by Gasteiger charge is 2.28. The van der Waals surface area contributed by atoms with Gasteiger partial charge in [0.1, 0.15) is 18.5 Å². The van der Waals surface area contributed by atoms with Crippen LogP contribution in [-0.2, 0) is 14.3 Å². The van der Waals surface area contributed by atoms with Crippen LogP contribution in [0.5, 0.6) is 0 Å². The molecule has 172 valence electrons. The molecule has 1 N–H and O–H groups in total. The Balaban J connectivity index is 1.68. The first-order chi connectivity index (χ1) is 14.9. The SMILES string of the molecule is CC1CN(C(=NCC(=O)N(C)C)NCCN2CCOCC2)CC(c2ccc(F)cc2)O1. The molecule has 0 saturated carbocycles. The van der Waals surface area contributed by atoms with Gasteiger partial charge in [-0.05, 0) is 24.6 Å². The Labute approximate surface area is 184 Å². The highest BCUT2D eigenvalue weighted by molar-refractivity contribution is 5.85. The number of hydrogen-bond donors (Lipinski definition) is 1. The Kier molecular flexibility index (Phi) is 8.62. The van der Waals surface area contributed by atoms with Crippen molar-refractivity contribution < 1.29 is 18.7 Å². The number of likely N-dealkylation sites (N-methyl/N-ethyl adjacent to an activating group) is 1. The van der Waals surface area contributed by atoms with Gasteiger partial charge in [-0.3, -0.25) is 9.69 Å². The molecule has 9 heteroatoms. The minimum absolute atomic E-state index is 0.0282. The first-order valence-corrected chi connectivity index (χ1v) is 10.9. The lowest BCUT2D eigenvalue weighted by molar-refractivity contribution is -0.127.